The van der Waals surface area contributed by atoms with E-state index in [-0.39, 0.29) is 5.75 Å². The van der Waals surface area contributed by atoms with E-state index in [4.69, 9.17) is 9.29 Å². The first-order valence-corrected chi connectivity index (χ1v) is 6.28. The monoisotopic (exact) mass is 225 g/mol. The van der Waals surface area contributed by atoms with Crippen molar-refractivity contribution in [2.45, 2.75) is 13.3 Å². The van der Waals surface area contributed by atoms with Crippen molar-refractivity contribution in [3.8, 4) is 0 Å². The zero-order valence-corrected chi connectivity index (χ0v) is 9.59. The summed E-state index contributed by atoms with van der Waals surface area (Å²) in [5.41, 5.74) is 0. The van der Waals surface area contributed by atoms with Gasteiger partial charge in [0.15, 0.2) is 0 Å². The molecule has 0 aromatic carbocycles. The van der Waals surface area contributed by atoms with Gasteiger partial charge in [0.25, 0.3) is 10.1 Å². The number of rotatable bonds is 8. The summed E-state index contributed by atoms with van der Waals surface area (Å²) < 4.78 is 34.5. The van der Waals surface area contributed by atoms with Crippen LogP contribution in [0.2, 0.25) is 0 Å². The molecule has 0 heterocycles. The van der Waals surface area contributed by atoms with Crippen LogP contribution in [0.1, 0.15) is 13.3 Å². The van der Waals surface area contributed by atoms with Gasteiger partial charge in [-0.15, -0.1) is 0 Å². The Morgan fingerprint density at radius 1 is 1.29 bits per heavy atom. The van der Waals surface area contributed by atoms with E-state index in [1.54, 1.807) is 7.05 Å². The fourth-order valence-electron chi connectivity index (χ4n) is 0.850. The van der Waals surface area contributed by atoms with Gasteiger partial charge in [0.05, 0.1) is 12.4 Å². The lowest BCUT2D eigenvalue weighted by Gasteiger charge is -2.15. The molecule has 5 nitrogen and oxygen atoms in total. The average molecular weight is 225 g/mol. The molecule has 0 saturated heterocycles. The third-order valence-corrected chi connectivity index (χ3v) is 2.40. The third kappa shape index (κ3) is 9.91. The molecule has 0 atom stereocenters. The lowest BCUT2D eigenvalue weighted by molar-refractivity contribution is 0.113. The number of hydrogen-bond donors (Lipinski definition) is 1. The maximum Gasteiger partial charge on any atom is 0.266 e. The molecule has 0 saturated carbocycles. The second-order valence-electron chi connectivity index (χ2n) is 3.20. The summed E-state index contributed by atoms with van der Waals surface area (Å²) in [4.78, 5) is 1.81. The third-order valence-electron chi connectivity index (χ3n) is 1.70. The van der Waals surface area contributed by atoms with Gasteiger partial charge in [-0.3, -0.25) is 4.55 Å². The van der Waals surface area contributed by atoms with E-state index in [9.17, 15) is 8.42 Å². The molecule has 0 rings (SSSR count). The van der Waals surface area contributed by atoms with E-state index in [0.29, 0.717) is 19.7 Å². The van der Waals surface area contributed by atoms with Crippen molar-refractivity contribution in [2.75, 3.05) is 39.1 Å². The van der Waals surface area contributed by atoms with Crippen molar-refractivity contribution in [3.63, 3.8) is 0 Å². The molecule has 0 aliphatic carbocycles. The Balaban J connectivity index is 3.42. The van der Waals surface area contributed by atoms with Gasteiger partial charge in [0.2, 0.25) is 0 Å². The minimum atomic E-state index is -3.84. The molecule has 1 N–H and O–H groups in total. The van der Waals surface area contributed by atoms with Crippen LogP contribution in [-0.2, 0) is 14.9 Å². The van der Waals surface area contributed by atoms with Gasteiger partial charge in [-0.05, 0) is 13.5 Å². The van der Waals surface area contributed by atoms with Crippen LogP contribution in [0, 0.1) is 0 Å². The Hall–Kier alpha value is -0.170. The second-order valence-corrected chi connectivity index (χ2v) is 4.77. The quantitative estimate of drug-likeness (QED) is 0.473. The fraction of sp³-hybridized carbons (Fsp3) is 1.00. The summed E-state index contributed by atoms with van der Waals surface area (Å²) in [6, 6.07) is 0. The highest BCUT2D eigenvalue weighted by Crippen LogP contribution is 1.88. The van der Waals surface area contributed by atoms with Crippen LogP contribution in [0.25, 0.3) is 0 Å². The Labute approximate surface area is 85.8 Å². The maximum absolute atomic E-state index is 10.4. The van der Waals surface area contributed by atoms with E-state index < -0.39 is 10.1 Å². The van der Waals surface area contributed by atoms with E-state index >= 15 is 0 Å². The molecule has 0 amide bonds. The van der Waals surface area contributed by atoms with Gasteiger partial charge < -0.3 is 9.64 Å². The van der Waals surface area contributed by atoms with Gasteiger partial charge in [-0.25, -0.2) is 0 Å². The van der Waals surface area contributed by atoms with Crippen LogP contribution in [0.3, 0.4) is 0 Å². The van der Waals surface area contributed by atoms with Crippen molar-refractivity contribution >= 4 is 10.1 Å². The van der Waals surface area contributed by atoms with E-state index in [2.05, 4.69) is 0 Å². The molecule has 14 heavy (non-hydrogen) atoms. The van der Waals surface area contributed by atoms with Crippen molar-refractivity contribution < 1.29 is 17.7 Å². The first-order chi connectivity index (χ1) is 6.45. The molecular weight excluding hydrogens is 206 g/mol. The predicted molar refractivity (Wildman–Crippen MR) is 55.0 cm³/mol. The van der Waals surface area contributed by atoms with Crippen LogP contribution in [0.15, 0.2) is 0 Å². The van der Waals surface area contributed by atoms with Gasteiger partial charge >= 0.3 is 0 Å². The zero-order valence-electron chi connectivity index (χ0n) is 8.77. The summed E-state index contributed by atoms with van der Waals surface area (Å²) in [7, 11) is -2.04. The highest BCUT2D eigenvalue weighted by atomic mass is 32.2. The summed E-state index contributed by atoms with van der Waals surface area (Å²) in [5, 5.41) is 0. The molecule has 0 aromatic heterocycles. The Kier molecular flexibility index (Phi) is 7.08. The number of ether oxygens (including phenoxy) is 1. The molecule has 0 aromatic rings. The summed E-state index contributed by atoms with van der Waals surface area (Å²) in [5.74, 6) is -0.225. The van der Waals surface area contributed by atoms with Crippen LogP contribution in [0.4, 0.5) is 0 Å². The lowest BCUT2D eigenvalue weighted by Crippen LogP contribution is -2.28. The highest BCUT2D eigenvalue weighted by Gasteiger charge is 2.06. The number of hydrogen-bond acceptors (Lipinski definition) is 4. The Morgan fingerprint density at radius 3 is 2.43 bits per heavy atom. The molecule has 86 valence electrons. The first kappa shape index (κ1) is 13.8. The Bertz CT molecular complexity index is 227. The normalized spacial score (nSPS) is 12.3. The zero-order chi connectivity index (χ0) is 11.0. The highest BCUT2D eigenvalue weighted by molar-refractivity contribution is 7.85. The van der Waals surface area contributed by atoms with Crippen LogP contribution in [0.5, 0.6) is 0 Å². The lowest BCUT2D eigenvalue weighted by atomic mass is 10.5. The molecule has 0 aliphatic heterocycles. The summed E-state index contributed by atoms with van der Waals surface area (Å²) in [6.45, 7) is 4.36. The minimum Gasteiger partial charge on any atom is -0.380 e. The van der Waals surface area contributed by atoms with E-state index in [1.807, 2.05) is 11.8 Å². The van der Waals surface area contributed by atoms with Crippen molar-refractivity contribution in [2.24, 2.45) is 0 Å². The Morgan fingerprint density at radius 2 is 1.93 bits per heavy atom. The van der Waals surface area contributed by atoms with Crippen LogP contribution < -0.4 is 0 Å². The summed E-state index contributed by atoms with van der Waals surface area (Å²) >= 11 is 0. The van der Waals surface area contributed by atoms with Crippen molar-refractivity contribution in [1.82, 2.24) is 4.90 Å². The minimum absolute atomic E-state index is 0.225. The van der Waals surface area contributed by atoms with Crippen LogP contribution >= 0.6 is 0 Å². The van der Waals surface area contributed by atoms with Crippen LogP contribution in [-0.4, -0.2) is 57.0 Å². The van der Waals surface area contributed by atoms with Gasteiger partial charge in [0.1, 0.15) is 0 Å². The molecule has 0 radical (unpaired) electrons. The maximum atomic E-state index is 10.4. The predicted octanol–water partition coefficient (Wildman–Crippen LogP) is 0.233. The molecule has 6 heteroatoms. The largest absolute Gasteiger partial charge is 0.380 e. The average Bonchev–Trinajstić information content (AvgIpc) is 2.08. The molecular formula is C8H19NO4S. The van der Waals surface area contributed by atoms with Gasteiger partial charge in [-0.2, -0.15) is 8.42 Å². The number of likely N-dealkylation sites (N-methyl/N-ethyl adjacent to an activating group) is 1. The van der Waals surface area contributed by atoms with Gasteiger partial charge in [0, 0.05) is 19.7 Å². The smallest absolute Gasteiger partial charge is 0.266 e. The molecule has 0 unspecified atom stereocenters. The fourth-order valence-corrected chi connectivity index (χ4v) is 1.39. The SMILES string of the molecule is CCCOCCN(C)CCS(=O)(=O)O. The number of nitrogens with zero attached hydrogens (tertiary/aromatic N) is 1. The van der Waals surface area contributed by atoms with E-state index in [1.165, 1.54) is 0 Å². The molecule has 0 aliphatic rings. The van der Waals surface area contributed by atoms with E-state index in [0.717, 1.165) is 13.0 Å². The molecule has 0 bridgehead atoms. The molecule has 0 spiro atoms. The molecule has 0 fully saturated rings. The topological polar surface area (TPSA) is 66.8 Å². The van der Waals surface area contributed by atoms with Crippen molar-refractivity contribution in [1.29, 1.82) is 0 Å². The van der Waals surface area contributed by atoms with Gasteiger partial charge in [-0.1, -0.05) is 6.92 Å². The standard InChI is InChI=1S/C8H19NO4S/c1-3-6-13-7-4-9(2)5-8-14(10,11)12/h3-8H2,1-2H3,(H,10,11,12). The summed E-state index contributed by atoms with van der Waals surface area (Å²) in [6.07, 6.45) is 0.981. The van der Waals surface area contributed by atoms with Crippen molar-refractivity contribution in [3.05, 3.63) is 0 Å². The second kappa shape index (κ2) is 7.17. The first-order valence-electron chi connectivity index (χ1n) is 4.67.